The van der Waals surface area contributed by atoms with Crippen LogP contribution in [0, 0.1) is 0 Å². The molecule has 6 heteroatoms. The lowest BCUT2D eigenvalue weighted by Gasteiger charge is -2.23. The quantitative estimate of drug-likeness (QED) is 0.827. The smallest absolute Gasteiger partial charge is 0.243 e. The first-order valence-corrected chi connectivity index (χ1v) is 7.19. The summed E-state index contributed by atoms with van der Waals surface area (Å²) in [7, 11) is -2.14. The normalized spacial score (nSPS) is 15.7. The van der Waals surface area contributed by atoms with Gasteiger partial charge in [-0.1, -0.05) is 12.1 Å². The van der Waals surface area contributed by atoms with Crippen molar-refractivity contribution in [2.24, 2.45) is 5.73 Å². The Hall–Kier alpha value is -0.950. The SMILES string of the molecule is CC(N)c1cccc(S(=O)(=O)N(C)C(C)CO)c1. The van der Waals surface area contributed by atoms with Gasteiger partial charge < -0.3 is 10.8 Å². The number of likely N-dealkylation sites (N-methyl/N-ethyl adjacent to an activating group) is 1. The lowest BCUT2D eigenvalue weighted by atomic mass is 10.1. The summed E-state index contributed by atoms with van der Waals surface area (Å²) >= 11 is 0. The number of aliphatic hydroxyl groups is 1. The summed E-state index contributed by atoms with van der Waals surface area (Å²) in [6.45, 7) is 3.22. The number of rotatable bonds is 5. The molecule has 0 aliphatic carbocycles. The fraction of sp³-hybridized carbons (Fsp3) is 0.500. The Morgan fingerprint density at radius 1 is 1.39 bits per heavy atom. The summed E-state index contributed by atoms with van der Waals surface area (Å²) in [5, 5.41) is 9.03. The maximum absolute atomic E-state index is 12.3. The molecule has 18 heavy (non-hydrogen) atoms. The molecule has 0 aromatic heterocycles. The first-order chi connectivity index (χ1) is 8.30. The highest BCUT2D eigenvalue weighted by molar-refractivity contribution is 7.89. The van der Waals surface area contributed by atoms with Crippen molar-refractivity contribution in [1.82, 2.24) is 4.31 Å². The van der Waals surface area contributed by atoms with E-state index in [-0.39, 0.29) is 17.5 Å². The molecule has 2 atom stereocenters. The largest absolute Gasteiger partial charge is 0.395 e. The topological polar surface area (TPSA) is 83.6 Å². The van der Waals surface area contributed by atoms with Crippen LogP contribution in [-0.4, -0.2) is 37.5 Å². The van der Waals surface area contributed by atoms with Crippen LogP contribution in [0.25, 0.3) is 0 Å². The van der Waals surface area contributed by atoms with E-state index in [9.17, 15) is 8.42 Å². The van der Waals surface area contributed by atoms with E-state index in [1.165, 1.54) is 13.1 Å². The predicted molar refractivity (Wildman–Crippen MR) is 70.5 cm³/mol. The molecular weight excluding hydrogens is 252 g/mol. The molecule has 0 saturated carbocycles. The standard InChI is InChI=1S/C12H20N2O3S/c1-9(8-15)14(3)18(16,17)12-6-4-5-11(7-12)10(2)13/h4-7,9-10,15H,8,13H2,1-3H3. The van der Waals surface area contributed by atoms with Crippen molar-refractivity contribution in [3.05, 3.63) is 29.8 Å². The number of hydrogen-bond acceptors (Lipinski definition) is 4. The van der Waals surface area contributed by atoms with Crippen LogP contribution in [0.5, 0.6) is 0 Å². The van der Waals surface area contributed by atoms with Crippen LogP contribution in [0.2, 0.25) is 0 Å². The Labute approximate surface area is 108 Å². The summed E-state index contributed by atoms with van der Waals surface area (Å²) < 4.78 is 25.7. The van der Waals surface area contributed by atoms with Crippen LogP contribution in [-0.2, 0) is 10.0 Å². The molecule has 1 rings (SSSR count). The Balaban J connectivity index is 3.16. The Kier molecular flexibility index (Phi) is 4.86. The molecule has 0 heterocycles. The molecule has 102 valence electrons. The fourth-order valence-electron chi connectivity index (χ4n) is 1.48. The average Bonchev–Trinajstić information content (AvgIpc) is 2.36. The molecule has 0 saturated heterocycles. The van der Waals surface area contributed by atoms with Gasteiger partial charge in [-0.2, -0.15) is 4.31 Å². The highest BCUT2D eigenvalue weighted by atomic mass is 32.2. The van der Waals surface area contributed by atoms with Gasteiger partial charge in [-0.05, 0) is 31.5 Å². The summed E-state index contributed by atoms with van der Waals surface area (Å²) in [6, 6.07) is 5.87. The minimum Gasteiger partial charge on any atom is -0.395 e. The zero-order valence-electron chi connectivity index (χ0n) is 10.9. The molecule has 0 spiro atoms. The predicted octanol–water partition coefficient (Wildman–Crippen LogP) is 0.708. The van der Waals surface area contributed by atoms with Crippen molar-refractivity contribution in [2.75, 3.05) is 13.7 Å². The molecule has 0 aliphatic heterocycles. The lowest BCUT2D eigenvalue weighted by Crippen LogP contribution is -2.37. The van der Waals surface area contributed by atoms with Crippen molar-refractivity contribution in [3.63, 3.8) is 0 Å². The average molecular weight is 272 g/mol. The maximum Gasteiger partial charge on any atom is 0.243 e. The van der Waals surface area contributed by atoms with Crippen molar-refractivity contribution >= 4 is 10.0 Å². The van der Waals surface area contributed by atoms with E-state index in [0.29, 0.717) is 0 Å². The van der Waals surface area contributed by atoms with E-state index in [2.05, 4.69) is 0 Å². The number of nitrogens with zero attached hydrogens (tertiary/aromatic N) is 1. The van der Waals surface area contributed by atoms with Gasteiger partial charge in [0.25, 0.3) is 0 Å². The Morgan fingerprint density at radius 2 is 2.00 bits per heavy atom. The summed E-state index contributed by atoms with van der Waals surface area (Å²) in [5.74, 6) is 0. The molecule has 1 aromatic rings. The molecular formula is C12H20N2O3S. The van der Waals surface area contributed by atoms with E-state index in [0.717, 1.165) is 9.87 Å². The first kappa shape index (κ1) is 15.1. The van der Waals surface area contributed by atoms with E-state index in [4.69, 9.17) is 10.8 Å². The number of benzene rings is 1. The third-order valence-corrected chi connectivity index (χ3v) is 4.91. The van der Waals surface area contributed by atoms with Gasteiger partial charge in [0, 0.05) is 19.1 Å². The minimum absolute atomic E-state index is 0.195. The molecule has 0 radical (unpaired) electrons. The first-order valence-electron chi connectivity index (χ1n) is 5.75. The van der Waals surface area contributed by atoms with Gasteiger partial charge in [0.2, 0.25) is 10.0 Å². The van der Waals surface area contributed by atoms with Crippen LogP contribution < -0.4 is 5.73 Å². The lowest BCUT2D eigenvalue weighted by molar-refractivity contribution is 0.214. The molecule has 2 unspecified atom stereocenters. The zero-order valence-corrected chi connectivity index (χ0v) is 11.7. The second kappa shape index (κ2) is 5.79. The third-order valence-electron chi connectivity index (χ3n) is 2.95. The molecule has 0 bridgehead atoms. The summed E-state index contributed by atoms with van der Waals surface area (Å²) in [5.41, 5.74) is 6.50. The van der Waals surface area contributed by atoms with E-state index in [1.807, 2.05) is 0 Å². The minimum atomic E-state index is -3.59. The van der Waals surface area contributed by atoms with Gasteiger partial charge >= 0.3 is 0 Å². The monoisotopic (exact) mass is 272 g/mol. The highest BCUT2D eigenvalue weighted by Gasteiger charge is 2.25. The van der Waals surface area contributed by atoms with Crippen molar-refractivity contribution < 1.29 is 13.5 Å². The van der Waals surface area contributed by atoms with Crippen LogP contribution >= 0.6 is 0 Å². The van der Waals surface area contributed by atoms with Crippen molar-refractivity contribution in [2.45, 2.75) is 30.8 Å². The van der Waals surface area contributed by atoms with Gasteiger partial charge in [0.05, 0.1) is 11.5 Å². The van der Waals surface area contributed by atoms with Gasteiger partial charge in [0.1, 0.15) is 0 Å². The molecule has 0 amide bonds. The van der Waals surface area contributed by atoms with E-state index in [1.54, 1.807) is 32.0 Å². The molecule has 0 fully saturated rings. The Morgan fingerprint density at radius 3 is 2.50 bits per heavy atom. The molecule has 0 aliphatic rings. The van der Waals surface area contributed by atoms with Crippen molar-refractivity contribution in [3.8, 4) is 0 Å². The number of aliphatic hydroxyl groups excluding tert-OH is 1. The zero-order chi connectivity index (χ0) is 13.9. The molecule has 1 aromatic carbocycles. The Bertz CT molecular complexity index is 500. The van der Waals surface area contributed by atoms with Crippen LogP contribution in [0.4, 0.5) is 0 Å². The van der Waals surface area contributed by atoms with E-state index < -0.39 is 16.1 Å². The third kappa shape index (κ3) is 3.08. The summed E-state index contributed by atoms with van der Waals surface area (Å²) in [4.78, 5) is 0.195. The highest BCUT2D eigenvalue weighted by Crippen LogP contribution is 2.20. The molecule has 3 N–H and O–H groups in total. The van der Waals surface area contributed by atoms with Gasteiger partial charge in [-0.15, -0.1) is 0 Å². The van der Waals surface area contributed by atoms with Gasteiger partial charge in [-0.3, -0.25) is 0 Å². The van der Waals surface area contributed by atoms with Gasteiger partial charge in [0.15, 0.2) is 0 Å². The summed E-state index contributed by atoms with van der Waals surface area (Å²) in [6.07, 6.45) is 0. The van der Waals surface area contributed by atoms with Crippen LogP contribution in [0.3, 0.4) is 0 Å². The molecule has 5 nitrogen and oxygen atoms in total. The van der Waals surface area contributed by atoms with Crippen LogP contribution in [0.15, 0.2) is 29.2 Å². The van der Waals surface area contributed by atoms with E-state index >= 15 is 0 Å². The number of nitrogens with two attached hydrogens (primary N) is 1. The second-order valence-corrected chi connectivity index (χ2v) is 6.41. The fourth-order valence-corrected chi connectivity index (χ4v) is 2.88. The number of hydrogen-bond donors (Lipinski definition) is 2. The van der Waals surface area contributed by atoms with Crippen LogP contribution in [0.1, 0.15) is 25.5 Å². The second-order valence-electron chi connectivity index (χ2n) is 4.41. The number of sulfonamides is 1. The maximum atomic E-state index is 12.3. The van der Waals surface area contributed by atoms with Crippen molar-refractivity contribution in [1.29, 1.82) is 0 Å². The van der Waals surface area contributed by atoms with Gasteiger partial charge in [-0.25, -0.2) is 8.42 Å².